The summed E-state index contributed by atoms with van der Waals surface area (Å²) in [5.41, 5.74) is 0. The van der Waals surface area contributed by atoms with E-state index in [0.29, 0.717) is 18.0 Å². The Morgan fingerprint density at radius 2 is 2.08 bits per heavy atom. The first-order valence-corrected chi connectivity index (χ1v) is 5.61. The van der Waals surface area contributed by atoms with Crippen LogP contribution in [0.3, 0.4) is 0 Å². The van der Waals surface area contributed by atoms with Gasteiger partial charge in [-0.05, 0) is 37.9 Å². The highest BCUT2D eigenvalue weighted by atomic mass is 32.1. The molecule has 1 fully saturated rings. The van der Waals surface area contributed by atoms with Crippen LogP contribution >= 0.6 is 12.2 Å². The van der Waals surface area contributed by atoms with E-state index in [0.717, 1.165) is 5.11 Å². The van der Waals surface area contributed by atoms with Crippen molar-refractivity contribution in [3.05, 3.63) is 0 Å². The summed E-state index contributed by atoms with van der Waals surface area (Å²) in [5.74, 6) is 0.680. The van der Waals surface area contributed by atoms with E-state index in [4.69, 9.17) is 12.2 Å². The molecule has 2 N–H and O–H groups in total. The molecule has 0 spiro atoms. The molecule has 0 aliphatic heterocycles. The molecule has 3 heteroatoms. The molecule has 0 heterocycles. The lowest BCUT2D eigenvalue weighted by molar-refractivity contribution is 0.435. The fraction of sp³-hybridized carbons (Fsp3) is 0.900. The lowest BCUT2D eigenvalue weighted by Crippen LogP contribution is -2.43. The first kappa shape index (κ1) is 10.8. The van der Waals surface area contributed by atoms with Crippen LogP contribution in [0, 0.1) is 5.92 Å². The molecule has 2 atom stereocenters. The first-order valence-electron chi connectivity index (χ1n) is 5.20. The Balaban J connectivity index is 2.17. The largest absolute Gasteiger partial charge is 0.360 e. The van der Waals surface area contributed by atoms with Gasteiger partial charge in [-0.3, -0.25) is 0 Å². The Morgan fingerprint density at radius 1 is 1.46 bits per heavy atom. The van der Waals surface area contributed by atoms with E-state index in [9.17, 15) is 0 Å². The summed E-state index contributed by atoms with van der Waals surface area (Å²) >= 11 is 5.19. The quantitative estimate of drug-likeness (QED) is 0.679. The highest BCUT2D eigenvalue weighted by Gasteiger charge is 2.22. The topological polar surface area (TPSA) is 24.1 Å². The van der Waals surface area contributed by atoms with Crippen molar-refractivity contribution in [3.63, 3.8) is 0 Å². The Labute approximate surface area is 86.5 Å². The van der Waals surface area contributed by atoms with Gasteiger partial charge in [0, 0.05) is 12.1 Å². The van der Waals surface area contributed by atoms with Gasteiger partial charge in [0.2, 0.25) is 0 Å². The molecule has 0 bridgehead atoms. The van der Waals surface area contributed by atoms with Crippen molar-refractivity contribution in [2.45, 2.75) is 52.1 Å². The standard InChI is InChI=1S/C10H20N2S/c1-4-7(2)8(3)11-10(13)12-9-5-6-9/h7-9H,4-6H2,1-3H3,(H2,11,12,13). The molecule has 1 rings (SSSR count). The predicted molar refractivity (Wildman–Crippen MR) is 60.8 cm³/mol. The van der Waals surface area contributed by atoms with Crippen molar-refractivity contribution in [2.75, 3.05) is 0 Å². The molecule has 13 heavy (non-hydrogen) atoms. The summed E-state index contributed by atoms with van der Waals surface area (Å²) in [6.45, 7) is 6.65. The number of hydrogen-bond acceptors (Lipinski definition) is 1. The average Bonchev–Trinajstić information content (AvgIpc) is 2.86. The van der Waals surface area contributed by atoms with E-state index in [2.05, 4.69) is 31.4 Å². The molecule has 0 aromatic carbocycles. The summed E-state index contributed by atoms with van der Waals surface area (Å²) in [6, 6.07) is 1.13. The van der Waals surface area contributed by atoms with Crippen molar-refractivity contribution < 1.29 is 0 Å². The van der Waals surface area contributed by atoms with Gasteiger partial charge in [0.1, 0.15) is 0 Å². The predicted octanol–water partition coefficient (Wildman–Crippen LogP) is 2.05. The van der Waals surface area contributed by atoms with Crippen LogP contribution in [-0.2, 0) is 0 Å². The van der Waals surface area contributed by atoms with E-state index in [1.54, 1.807) is 0 Å². The maximum absolute atomic E-state index is 5.19. The highest BCUT2D eigenvalue weighted by Crippen LogP contribution is 2.18. The molecule has 0 amide bonds. The van der Waals surface area contributed by atoms with Gasteiger partial charge >= 0.3 is 0 Å². The van der Waals surface area contributed by atoms with Gasteiger partial charge in [-0.2, -0.15) is 0 Å². The third kappa shape index (κ3) is 3.94. The second-order valence-corrected chi connectivity index (χ2v) is 4.47. The van der Waals surface area contributed by atoms with Crippen molar-refractivity contribution >= 4 is 17.3 Å². The van der Waals surface area contributed by atoms with Crippen LogP contribution < -0.4 is 10.6 Å². The van der Waals surface area contributed by atoms with E-state index >= 15 is 0 Å². The third-order valence-corrected chi connectivity index (χ3v) is 3.00. The minimum absolute atomic E-state index is 0.476. The third-order valence-electron chi connectivity index (χ3n) is 2.77. The Hall–Kier alpha value is -0.310. The van der Waals surface area contributed by atoms with Crippen LogP contribution in [0.1, 0.15) is 40.0 Å². The van der Waals surface area contributed by atoms with Crippen LogP contribution in [0.25, 0.3) is 0 Å². The van der Waals surface area contributed by atoms with Crippen LogP contribution in [0.4, 0.5) is 0 Å². The maximum Gasteiger partial charge on any atom is 0.166 e. The van der Waals surface area contributed by atoms with Gasteiger partial charge in [-0.1, -0.05) is 20.3 Å². The monoisotopic (exact) mass is 200 g/mol. The van der Waals surface area contributed by atoms with Crippen molar-refractivity contribution in [2.24, 2.45) is 5.92 Å². The van der Waals surface area contributed by atoms with Gasteiger partial charge in [-0.15, -0.1) is 0 Å². The zero-order chi connectivity index (χ0) is 9.84. The van der Waals surface area contributed by atoms with Crippen LogP contribution in [0.15, 0.2) is 0 Å². The van der Waals surface area contributed by atoms with E-state index in [1.807, 2.05) is 0 Å². The Morgan fingerprint density at radius 3 is 2.54 bits per heavy atom. The number of rotatable bonds is 4. The number of hydrogen-bond donors (Lipinski definition) is 2. The fourth-order valence-corrected chi connectivity index (χ4v) is 1.51. The molecule has 0 aromatic rings. The molecule has 1 aliphatic rings. The van der Waals surface area contributed by atoms with E-state index < -0.39 is 0 Å². The molecule has 0 aromatic heterocycles. The first-order chi connectivity index (χ1) is 6.13. The summed E-state index contributed by atoms with van der Waals surface area (Å²) in [5, 5.41) is 7.44. The van der Waals surface area contributed by atoms with Crippen molar-refractivity contribution in [1.29, 1.82) is 0 Å². The van der Waals surface area contributed by atoms with Crippen LogP contribution in [-0.4, -0.2) is 17.2 Å². The normalized spacial score (nSPS) is 20.5. The van der Waals surface area contributed by atoms with Crippen molar-refractivity contribution in [1.82, 2.24) is 10.6 Å². The molecule has 2 nitrogen and oxygen atoms in total. The summed E-state index contributed by atoms with van der Waals surface area (Å²) < 4.78 is 0. The lowest BCUT2D eigenvalue weighted by atomic mass is 10.0. The van der Waals surface area contributed by atoms with E-state index in [-0.39, 0.29) is 0 Å². The highest BCUT2D eigenvalue weighted by molar-refractivity contribution is 7.80. The average molecular weight is 200 g/mol. The lowest BCUT2D eigenvalue weighted by Gasteiger charge is -2.21. The molecule has 1 aliphatic carbocycles. The van der Waals surface area contributed by atoms with Gasteiger partial charge in [0.05, 0.1) is 0 Å². The summed E-state index contributed by atoms with van der Waals surface area (Å²) in [4.78, 5) is 0. The van der Waals surface area contributed by atoms with Gasteiger partial charge < -0.3 is 10.6 Å². The van der Waals surface area contributed by atoms with Crippen molar-refractivity contribution in [3.8, 4) is 0 Å². The zero-order valence-corrected chi connectivity index (χ0v) is 9.58. The molecular weight excluding hydrogens is 180 g/mol. The second-order valence-electron chi connectivity index (χ2n) is 4.07. The van der Waals surface area contributed by atoms with E-state index in [1.165, 1.54) is 19.3 Å². The fourth-order valence-electron chi connectivity index (χ4n) is 1.16. The molecular formula is C10H20N2S. The smallest absolute Gasteiger partial charge is 0.166 e. The molecule has 0 radical (unpaired) electrons. The Bertz CT molecular complexity index is 178. The minimum atomic E-state index is 0.476. The minimum Gasteiger partial charge on any atom is -0.360 e. The molecule has 2 unspecified atom stereocenters. The number of nitrogens with one attached hydrogen (secondary N) is 2. The van der Waals surface area contributed by atoms with Gasteiger partial charge in [-0.25, -0.2) is 0 Å². The molecule has 1 saturated carbocycles. The zero-order valence-electron chi connectivity index (χ0n) is 8.76. The summed E-state index contributed by atoms with van der Waals surface area (Å²) in [6.07, 6.45) is 3.75. The SMILES string of the molecule is CCC(C)C(C)NC(=S)NC1CC1. The summed E-state index contributed by atoms with van der Waals surface area (Å²) in [7, 11) is 0. The number of thiocarbonyl (C=S) groups is 1. The maximum atomic E-state index is 5.19. The second kappa shape index (κ2) is 4.80. The van der Waals surface area contributed by atoms with Crippen LogP contribution in [0.2, 0.25) is 0 Å². The Kier molecular flexibility index (Phi) is 3.97. The van der Waals surface area contributed by atoms with Crippen LogP contribution in [0.5, 0.6) is 0 Å². The van der Waals surface area contributed by atoms with Gasteiger partial charge in [0.15, 0.2) is 5.11 Å². The molecule has 76 valence electrons. The molecule has 0 saturated heterocycles. The van der Waals surface area contributed by atoms with Gasteiger partial charge in [0.25, 0.3) is 0 Å².